The quantitative estimate of drug-likeness (QED) is 0.0970. The second kappa shape index (κ2) is 18.3. The maximum atomic E-state index is 12.9. The van der Waals surface area contributed by atoms with Crippen molar-refractivity contribution in [1.82, 2.24) is 10.3 Å². The minimum absolute atomic E-state index is 0.0384. The number of methoxy groups -OCH3 is 1. The molecule has 3 heterocycles. The molecule has 1 fully saturated rings. The molecule has 0 spiro atoms. The number of carbonyl (C=O) groups excluding carboxylic acids is 2. The number of epoxide rings is 1. The van der Waals surface area contributed by atoms with Crippen LogP contribution in [0.25, 0.3) is 0 Å². The Morgan fingerprint density at radius 2 is 2.00 bits per heavy atom. The van der Waals surface area contributed by atoms with Crippen LogP contribution in [0.3, 0.4) is 0 Å². The number of aliphatic hydroxyl groups is 3. The highest BCUT2D eigenvalue weighted by Crippen LogP contribution is 2.39. The summed E-state index contributed by atoms with van der Waals surface area (Å²) >= 11 is 0. The molecule has 0 bridgehead atoms. The van der Waals surface area contributed by atoms with E-state index in [1.807, 2.05) is 32.0 Å². The predicted molar refractivity (Wildman–Crippen MR) is 186 cm³/mol. The van der Waals surface area contributed by atoms with Gasteiger partial charge in [0.25, 0.3) is 0 Å². The molecule has 1 saturated heterocycles. The minimum Gasteiger partial charge on any atom is -0.457 e. The summed E-state index contributed by atoms with van der Waals surface area (Å²) in [5.41, 5.74) is -1.14. The third kappa shape index (κ3) is 12.1. The normalized spacial score (nSPS) is 31.5. The van der Waals surface area contributed by atoms with Gasteiger partial charge in [-0.25, -0.2) is 0 Å². The number of rotatable bonds is 14. The molecule has 11 atom stereocenters. The van der Waals surface area contributed by atoms with Crippen LogP contribution in [0.5, 0.6) is 0 Å². The van der Waals surface area contributed by atoms with Gasteiger partial charge in [-0.2, -0.15) is 0 Å². The Bertz CT molecular complexity index is 1290. The predicted octanol–water partition coefficient (Wildman–Crippen LogP) is 4.00. The van der Waals surface area contributed by atoms with Gasteiger partial charge in [-0.3, -0.25) is 14.6 Å². The number of esters is 2. The highest BCUT2D eigenvalue weighted by molar-refractivity contribution is 5.70. The highest BCUT2D eigenvalue weighted by atomic mass is 16.6. The van der Waals surface area contributed by atoms with Crippen molar-refractivity contribution >= 4 is 11.9 Å². The van der Waals surface area contributed by atoms with E-state index in [1.54, 1.807) is 57.5 Å². The third-order valence-electron chi connectivity index (χ3n) is 9.66. The van der Waals surface area contributed by atoms with Gasteiger partial charge < -0.3 is 39.6 Å². The Kier molecular flexibility index (Phi) is 15.2. The molecule has 11 nitrogen and oxygen atoms in total. The molecule has 2 aliphatic rings. The van der Waals surface area contributed by atoms with Gasteiger partial charge in [0.2, 0.25) is 0 Å². The van der Waals surface area contributed by atoms with E-state index in [0.29, 0.717) is 18.5 Å². The molecule has 0 saturated carbocycles. The number of hydrogen-bond donors (Lipinski definition) is 4. The van der Waals surface area contributed by atoms with Crippen LogP contribution in [0.1, 0.15) is 79.8 Å². The van der Waals surface area contributed by atoms with E-state index in [1.165, 1.54) is 6.92 Å². The number of nitrogens with one attached hydrogen (secondary N) is 1. The Labute approximate surface area is 291 Å². The second-order valence-electron chi connectivity index (χ2n) is 14.0. The summed E-state index contributed by atoms with van der Waals surface area (Å²) in [6, 6.07) is 5.36. The lowest BCUT2D eigenvalue weighted by Gasteiger charge is -2.32. The van der Waals surface area contributed by atoms with Crippen molar-refractivity contribution in [3.63, 3.8) is 0 Å². The average Bonchev–Trinajstić information content (AvgIpc) is 3.83. The molecule has 274 valence electrons. The number of pyridine rings is 1. The smallest absolute Gasteiger partial charge is 0.309 e. The Hall–Kier alpha value is -2.93. The van der Waals surface area contributed by atoms with Gasteiger partial charge >= 0.3 is 11.9 Å². The number of aromatic nitrogens is 1. The Morgan fingerprint density at radius 3 is 2.63 bits per heavy atom. The van der Waals surface area contributed by atoms with E-state index in [0.717, 1.165) is 12.1 Å². The van der Waals surface area contributed by atoms with Crippen LogP contribution < -0.4 is 5.32 Å². The van der Waals surface area contributed by atoms with Crippen LogP contribution in [0.2, 0.25) is 0 Å². The van der Waals surface area contributed by atoms with Crippen LogP contribution in [0.15, 0.2) is 60.3 Å². The molecule has 0 radical (unpaired) electrons. The minimum atomic E-state index is -1.45. The fraction of sp³-hybridized carbons (Fsp3) is 0.658. The summed E-state index contributed by atoms with van der Waals surface area (Å²) in [6.45, 7) is 13.0. The number of allylic oxidation sites excluding steroid dienone is 2. The number of carbonyl (C=O) groups is 2. The van der Waals surface area contributed by atoms with Gasteiger partial charge in [0.05, 0.1) is 36.4 Å². The first-order valence-corrected chi connectivity index (χ1v) is 17.4. The van der Waals surface area contributed by atoms with Crippen molar-refractivity contribution in [3.8, 4) is 0 Å². The molecular formula is C38H58N2O9. The lowest BCUT2D eigenvalue weighted by molar-refractivity contribution is -0.157. The van der Waals surface area contributed by atoms with Crippen LogP contribution in [0, 0.1) is 11.8 Å². The van der Waals surface area contributed by atoms with Gasteiger partial charge in [0, 0.05) is 50.7 Å². The Morgan fingerprint density at radius 1 is 1.27 bits per heavy atom. The Balaban J connectivity index is 1.84. The number of cyclic esters (lactones) is 1. The zero-order valence-corrected chi connectivity index (χ0v) is 30.4. The molecule has 4 N–H and O–H groups in total. The first kappa shape index (κ1) is 40.5. The fourth-order valence-corrected chi connectivity index (χ4v) is 6.57. The largest absolute Gasteiger partial charge is 0.457 e. The number of hydrogen-bond acceptors (Lipinski definition) is 11. The topological polar surface area (TPSA) is 160 Å². The zero-order chi connectivity index (χ0) is 36.4. The van der Waals surface area contributed by atoms with E-state index in [9.17, 15) is 24.9 Å². The van der Waals surface area contributed by atoms with Crippen molar-refractivity contribution in [2.75, 3.05) is 13.7 Å². The van der Waals surface area contributed by atoms with E-state index < -0.39 is 47.5 Å². The SMILES string of the molecule is CCC(OC)C(C)C1OC1C(NCCc1ccccn1)C(C)(O)C=CC=C(C)C1OC(=O)CC(O)CCC(C)(O)C(OC(C)=O)C=CC1C. The van der Waals surface area contributed by atoms with E-state index in [-0.39, 0.29) is 49.4 Å². The van der Waals surface area contributed by atoms with Gasteiger partial charge in [0.15, 0.2) is 0 Å². The monoisotopic (exact) mass is 686 g/mol. The highest BCUT2D eigenvalue weighted by Gasteiger charge is 2.54. The molecule has 0 amide bonds. The second-order valence-corrected chi connectivity index (χ2v) is 14.0. The van der Waals surface area contributed by atoms with Crippen molar-refractivity contribution in [2.24, 2.45) is 11.8 Å². The molecule has 1 aromatic rings. The van der Waals surface area contributed by atoms with E-state index in [2.05, 4.69) is 24.1 Å². The van der Waals surface area contributed by atoms with Gasteiger partial charge in [-0.1, -0.05) is 51.1 Å². The molecule has 0 aliphatic carbocycles. The number of ether oxygens (including phenoxy) is 4. The summed E-state index contributed by atoms with van der Waals surface area (Å²) in [7, 11) is 1.71. The van der Waals surface area contributed by atoms with Crippen LogP contribution in [0.4, 0.5) is 0 Å². The molecule has 11 heteroatoms. The van der Waals surface area contributed by atoms with Crippen molar-refractivity contribution < 1.29 is 43.9 Å². The van der Waals surface area contributed by atoms with Crippen molar-refractivity contribution in [3.05, 3.63) is 66.0 Å². The molecule has 0 aromatic carbocycles. The molecule has 11 unspecified atom stereocenters. The van der Waals surface area contributed by atoms with Gasteiger partial charge in [-0.15, -0.1) is 0 Å². The molecule has 3 rings (SSSR count). The maximum Gasteiger partial charge on any atom is 0.309 e. The van der Waals surface area contributed by atoms with Crippen LogP contribution in [-0.2, 0) is 35.0 Å². The molecule has 1 aromatic heterocycles. The zero-order valence-electron chi connectivity index (χ0n) is 30.4. The molecule has 2 aliphatic heterocycles. The number of aliphatic hydroxyl groups excluding tert-OH is 1. The average molecular weight is 687 g/mol. The van der Waals surface area contributed by atoms with E-state index >= 15 is 0 Å². The first-order chi connectivity index (χ1) is 23.1. The summed E-state index contributed by atoms with van der Waals surface area (Å²) in [4.78, 5) is 29.1. The summed E-state index contributed by atoms with van der Waals surface area (Å²) in [5, 5.41) is 37.0. The summed E-state index contributed by atoms with van der Waals surface area (Å²) in [6.07, 6.45) is 8.89. The van der Waals surface area contributed by atoms with Crippen molar-refractivity contribution in [2.45, 2.75) is 134 Å². The standard InChI is InChI=1S/C38H58N2O9/c1-9-30(46-8)26(4)34-35(49-34)36(40-22-18-28-14-10-11-21-39-28)38(7,45)19-12-13-24(2)33-25(3)15-16-31(47-27(5)41)37(6,44)20-17-29(42)23-32(43)48-33/h10-16,19,21,25-26,29-31,33-36,40,42,44-45H,9,17-18,20,22-23H2,1-8H3. The molecular weight excluding hydrogens is 628 g/mol. The van der Waals surface area contributed by atoms with Gasteiger partial charge in [-0.05, 0) is 63.8 Å². The summed E-state index contributed by atoms with van der Waals surface area (Å²) < 4.78 is 23.1. The number of nitrogens with zero attached hydrogens (tertiary/aromatic N) is 1. The third-order valence-corrected chi connectivity index (χ3v) is 9.66. The fourth-order valence-electron chi connectivity index (χ4n) is 6.57. The lowest BCUT2D eigenvalue weighted by Crippen LogP contribution is -2.52. The van der Waals surface area contributed by atoms with Crippen molar-refractivity contribution in [1.29, 1.82) is 0 Å². The summed E-state index contributed by atoms with van der Waals surface area (Å²) in [5.74, 6) is -1.36. The first-order valence-electron chi connectivity index (χ1n) is 17.4. The van der Waals surface area contributed by atoms with E-state index in [4.69, 9.17) is 18.9 Å². The van der Waals surface area contributed by atoms with Crippen LogP contribution in [-0.4, -0.2) is 99.8 Å². The lowest BCUT2D eigenvalue weighted by atomic mass is 9.87. The van der Waals surface area contributed by atoms with Crippen LogP contribution >= 0.6 is 0 Å². The molecule has 49 heavy (non-hydrogen) atoms. The maximum absolute atomic E-state index is 12.9. The van der Waals surface area contributed by atoms with Gasteiger partial charge in [0.1, 0.15) is 23.9 Å².